The van der Waals surface area contributed by atoms with E-state index in [1.807, 2.05) is 36.1 Å². The Hall–Kier alpha value is -1.59. The van der Waals surface area contributed by atoms with Crippen molar-refractivity contribution in [3.8, 4) is 5.75 Å². The van der Waals surface area contributed by atoms with E-state index >= 15 is 0 Å². The molecule has 1 aromatic carbocycles. The normalized spacial score (nSPS) is 23.5. The molecule has 2 N–H and O–H groups in total. The Morgan fingerprint density at radius 1 is 1.36 bits per heavy atom. The summed E-state index contributed by atoms with van der Waals surface area (Å²) < 4.78 is 5.15. The molecule has 0 spiro atoms. The van der Waals surface area contributed by atoms with Crippen molar-refractivity contribution in [2.75, 3.05) is 26.8 Å². The van der Waals surface area contributed by atoms with Gasteiger partial charge in [0, 0.05) is 24.9 Å². The fourth-order valence-corrected chi connectivity index (χ4v) is 3.73. The molecule has 2 rings (SSSR count). The number of benzene rings is 1. The second-order valence-electron chi connectivity index (χ2n) is 7.09. The molecule has 0 bridgehead atoms. The molecule has 1 amide bonds. The van der Waals surface area contributed by atoms with Gasteiger partial charge in [-0.15, -0.1) is 0 Å². The van der Waals surface area contributed by atoms with E-state index in [-0.39, 0.29) is 12.5 Å². The Kier molecular flexibility index (Phi) is 7.26. The van der Waals surface area contributed by atoms with Gasteiger partial charge >= 0.3 is 0 Å². The van der Waals surface area contributed by atoms with Crippen LogP contribution in [0, 0.1) is 5.41 Å². The zero-order valence-electron chi connectivity index (χ0n) is 15.4. The summed E-state index contributed by atoms with van der Waals surface area (Å²) in [6.07, 6.45) is 3.79. The second-order valence-corrected chi connectivity index (χ2v) is 7.09. The van der Waals surface area contributed by atoms with Crippen LogP contribution in [0.25, 0.3) is 0 Å². The monoisotopic (exact) mass is 349 g/mol. The molecule has 0 aromatic heterocycles. The summed E-state index contributed by atoms with van der Waals surface area (Å²) in [5, 5.41) is 20.1. The summed E-state index contributed by atoms with van der Waals surface area (Å²) in [6, 6.07) is 7.92. The van der Waals surface area contributed by atoms with Crippen LogP contribution in [0.15, 0.2) is 24.3 Å². The molecule has 140 valence electrons. The number of aryl methyl sites for hydroxylation is 1. The first-order valence-electron chi connectivity index (χ1n) is 9.24. The van der Waals surface area contributed by atoms with E-state index in [1.54, 1.807) is 7.11 Å². The Bertz CT molecular complexity index is 545. The fourth-order valence-electron chi connectivity index (χ4n) is 3.73. The maximum atomic E-state index is 12.5. The lowest BCUT2D eigenvalue weighted by molar-refractivity contribution is -0.142. The number of likely N-dealkylation sites (tertiary alicyclic amines) is 1. The van der Waals surface area contributed by atoms with Crippen LogP contribution >= 0.6 is 0 Å². The van der Waals surface area contributed by atoms with Crippen molar-refractivity contribution < 1.29 is 19.7 Å². The van der Waals surface area contributed by atoms with E-state index < -0.39 is 11.5 Å². The van der Waals surface area contributed by atoms with Gasteiger partial charge < -0.3 is 19.8 Å². The molecule has 2 atom stereocenters. The van der Waals surface area contributed by atoms with Gasteiger partial charge in [-0.1, -0.05) is 25.5 Å². The number of aliphatic hydroxyl groups is 2. The molecule has 1 aromatic rings. The largest absolute Gasteiger partial charge is 0.497 e. The molecular formula is C20H31NO4. The quantitative estimate of drug-likeness (QED) is 0.756. The zero-order valence-corrected chi connectivity index (χ0v) is 15.4. The number of ether oxygens (including phenoxy) is 1. The third-order valence-electron chi connectivity index (χ3n) is 5.32. The van der Waals surface area contributed by atoms with Crippen LogP contribution in [0.3, 0.4) is 0 Å². The van der Waals surface area contributed by atoms with Crippen LogP contribution in [0.2, 0.25) is 0 Å². The summed E-state index contributed by atoms with van der Waals surface area (Å²) in [6.45, 7) is 3.01. The number of rotatable bonds is 8. The second kappa shape index (κ2) is 9.20. The van der Waals surface area contributed by atoms with Gasteiger partial charge in [0.05, 0.1) is 19.8 Å². The van der Waals surface area contributed by atoms with E-state index in [4.69, 9.17) is 4.74 Å². The lowest BCUT2D eigenvalue weighted by atomic mass is 9.74. The van der Waals surface area contributed by atoms with E-state index in [2.05, 4.69) is 0 Å². The van der Waals surface area contributed by atoms with Crippen LogP contribution in [0.5, 0.6) is 5.75 Å². The molecule has 0 radical (unpaired) electrons. The number of nitrogens with zero attached hydrogens (tertiary/aromatic N) is 1. The molecule has 0 saturated carbocycles. The summed E-state index contributed by atoms with van der Waals surface area (Å²) in [4.78, 5) is 14.4. The van der Waals surface area contributed by atoms with Crippen LogP contribution in [0.4, 0.5) is 0 Å². The average molecular weight is 349 g/mol. The minimum absolute atomic E-state index is 0.0718. The Morgan fingerprint density at radius 2 is 2.08 bits per heavy atom. The molecule has 1 heterocycles. The molecule has 0 aliphatic carbocycles. The Morgan fingerprint density at radius 3 is 2.68 bits per heavy atom. The first-order chi connectivity index (χ1) is 12.0. The number of amides is 1. The van der Waals surface area contributed by atoms with Crippen molar-refractivity contribution in [1.29, 1.82) is 0 Å². The molecule has 25 heavy (non-hydrogen) atoms. The minimum atomic E-state index is -0.557. The molecule has 1 saturated heterocycles. The lowest BCUT2D eigenvalue weighted by Gasteiger charge is -2.45. The molecule has 1 fully saturated rings. The Balaban J connectivity index is 1.85. The number of hydrogen-bond acceptors (Lipinski definition) is 4. The molecule has 5 nitrogen and oxygen atoms in total. The first kappa shape index (κ1) is 19.7. The SMILES string of the molecule is CCC[C@@]1(CO)CN(C(=O)CCCc2ccc(OC)cc2)CC[C@@H]1O. The molecular weight excluding hydrogens is 318 g/mol. The van der Waals surface area contributed by atoms with E-state index in [1.165, 1.54) is 5.56 Å². The molecule has 0 unspecified atom stereocenters. The highest BCUT2D eigenvalue weighted by Crippen LogP contribution is 2.35. The number of carbonyl (C=O) groups excluding carboxylic acids is 1. The third-order valence-corrected chi connectivity index (χ3v) is 5.32. The van der Waals surface area contributed by atoms with E-state index in [0.29, 0.717) is 25.9 Å². The van der Waals surface area contributed by atoms with Crippen molar-refractivity contribution in [3.63, 3.8) is 0 Å². The number of carbonyl (C=O) groups is 1. The van der Waals surface area contributed by atoms with E-state index in [9.17, 15) is 15.0 Å². The fraction of sp³-hybridized carbons (Fsp3) is 0.650. The van der Waals surface area contributed by atoms with Crippen molar-refractivity contribution in [2.45, 2.75) is 51.6 Å². The highest BCUT2D eigenvalue weighted by atomic mass is 16.5. The molecule has 1 aliphatic heterocycles. The van der Waals surface area contributed by atoms with Crippen LogP contribution < -0.4 is 4.74 Å². The third kappa shape index (κ3) is 4.95. The molecule has 5 heteroatoms. The first-order valence-corrected chi connectivity index (χ1v) is 9.24. The highest BCUT2D eigenvalue weighted by Gasteiger charge is 2.42. The zero-order chi connectivity index (χ0) is 18.3. The van der Waals surface area contributed by atoms with Gasteiger partial charge in [-0.25, -0.2) is 0 Å². The lowest BCUT2D eigenvalue weighted by Crippen LogP contribution is -2.55. The maximum absolute atomic E-state index is 12.5. The van der Waals surface area contributed by atoms with Gasteiger partial charge in [0.2, 0.25) is 5.91 Å². The predicted octanol–water partition coefficient (Wildman–Crippen LogP) is 2.39. The number of methoxy groups -OCH3 is 1. The standard InChI is InChI=1S/C20H31NO4/c1-3-12-20(15-22)14-21(13-11-18(20)23)19(24)6-4-5-16-7-9-17(25-2)10-8-16/h7-10,18,22-23H,3-6,11-15H2,1-2H3/t18-,20-/m0/s1. The van der Waals surface area contributed by atoms with Crippen molar-refractivity contribution >= 4 is 5.91 Å². The summed E-state index contributed by atoms with van der Waals surface area (Å²) in [5.74, 6) is 0.956. The van der Waals surface area contributed by atoms with Gasteiger partial charge in [-0.3, -0.25) is 4.79 Å². The topological polar surface area (TPSA) is 70.0 Å². The van der Waals surface area contributed by atoms with Gasteiger partial charge in [-0.2, -0.15) is 0 Å². The predicted molar refractivity (Wildman–Crippen MR) is 97.6 cm³/mol. The summed E-state index contributed by atoms with van der Waals surface area (Å²) in [5.41, 5.74) is 0.636. The van der Waals surface area contributed by atoms with Crippen LogP contribution in [-0.2, 0) is 11.2 Å². The van der Waals surface area contributed by atoms with Crippen molar-refractivity contribution in [1.82, 2.24) is 4.90 Å². The van der Waals surface area contributed by atoms with Crippen LogP contribution in [0.1, 0.15) is 44.6 Å². The average Bonchev–Trinajstić information content (AvgIpc) is 2.64. The Labute approximate surface area is 150 Å². The van der Waals surface area contributed by atoms with Gasteiger partial charge in [0.15, 0.2) is 0 Å². The van der Waals surface area contributed by atoms with Gasteiger partial charge in [0.1, 0.15) is 5.75 Å². The maximum Gasteiger partial charge on any atom is 0.222 e. The van der Waals surface area contributed by atoms with Crippen molar-refractivity contribution in [2.24, 2.45) is 5.41 Å². The molecule has 1 aliphatic rings. The van der Waals surface area contributed by atoms with Gasteiger partial charge in [0.25, 0.3) is 0 Å². The number of hydrogen-bond donors (Lipinski definition) is 2. The smallest absolute Gasteiger partial charge is 0.222 e. The van der Waals surface area contributed by atoms with E-state index in [0.717, 1.165) is 31.4 Å². The van der Waals surface area contributed by atoms with Crippen LogP contribution in [-0.4, -0.2) is 53.9 Å². The van der Waals surface area contributed by atoms with Crippen molar-refractivity contribution in [3.05, 3.63) is 29.8 Å². The summed E-state index contributed by atoms with van der Waals surface area (Å²) in [7, 11) is 1.65. The summed E-state index contributed by atoms with van der Waals surface area (Å²) >= 11 is 0. The number of aliphatic hydroxyl groups excluding tert-OH is 2. The number of piperidine rings is 1. The van der Waals surface area contributed by atoms with Gasteiger partial charge in [-0.05, 0) is 43.4 Å². The highest BCUT2D eigenvalue weighted by molar-refractivity contribution is 5.76. The minimum Gasteiger partial charge on any atom is -0.497 e.